The molecule has 0 aliphatic rings. The van der Waals surface area contributed by atoms with Crippen molar-refractivity contribution in [2.24, 2.45) is 4.99 Å². The lowest BCUT2D eigenvalue weighted by Gasteiger charge is -1.94. The van der Waals surface area contributed by atoms with E-state index in [0.717, 1.165) is 5.69 Å². The van der Waals surface area contributed by atoms with E-state index >= 15 is 0 Å². The SMILES string of the molecule is C=NCc1ccc(N)cn1. The summed E-state index contributed by atoms with van der Waals surface area (Å²) in [6.45, 7) is 3.91. The van der Waals surface area contributed by atoms with Crippen molar-refractivity contribution in [2.45, 2.75) is 6.54 Å². The van der Waals surface area contributed by atoms with Gasteiger partial charge < -0.3 is 5.73 Å². The first-order valence-corrected chi connectivity index (χ1v) is 2.96. The second-order valence-corrected chi connectivity index (χ2v) is 1.96. The molecule has 0 saturated heterocycles. The van der Waals surface area contributed by atoms with Crippen LogP contribution in [-0.4, -0.2) is 11.7 Å². The Kier molecular flexibility index (Phi) is 1.99. The lowest BCUT2D eigenvalue weighted by Crippen LogP contribution is -1.89. The van der Waals surface area contributed by atoms with E-state index in [1.54, 1.807) is 12.3 Å². The first-order valence-electron chi connectivity index (χ1n) is 2.96. The molecule has 1 rings (SSSR count). The molecule has 1 heterocycles. The highest BCUT2D eigenvalue weighted by Gasteiger charge is 1.88. The summed E-state index contributed by atoms with van der Waals surface area (Å²) in [6, 6.07) is 3.64. The third kappa shape index (κ3) is 1.55. The largest absolute Gasteiger partial charge is 0.397 e. The van der Waals surface area contributed by atoms with E-state index in [9.17, 15) is 0 Å². The van der Waals surface area contributed by atoms with Gasteiger partial charge in [0.2, 0.25) is 0 Å². The number of nitrogen functional groups attached to an aromatic ring is 1. The third-order valence-electron chi connectivity index (χ3n) is 1.12. The van der Waals surface area contributed by atoms with Crippen molar-refractivity contribution in [1.82, 2.24) is 4.98 Å². The monoisotopic (exact) mass is 135 g/mol. The standard InChI is InChI=1S/C7H9N3/c1-9-5-7-3-2-6(8)4-10-7/h2-4H,1,5,8H2. The van der Waals surface area contributed by atoms with Crippen LogP contribution in [-0.2, 0) is 6.54 Å². The van der Waals surface area contributed by atoms with Gasteiger partial charge in [-0.05, 0) is 18.9 Å². The highest BCUT2D eigenvalue weighted by atomic mass is 14.8. The van der Waals surface area contributed by atoms with Crippen LogP contribution in [0.2, 0.25) is 0 Å². The highest BCUT2D eigenvalue weighted by Crippen LogP contribution is 2.01. The molecular weight excluding hydrogens is 126 g/mol. The molecule has 1 aromatic rings. The molecule has 0 aliphatic heterocycles. The molecule has 1 aromatic heterocycles. The third-order valence-corrected chi connectivity index (χ3v) is 1.12. The maximum absolute atomic E-state index is 5.41. The van der Waals surface area contributed by atoms with Crippen molar-refractivity contribution in [3.63, 3.8) is 0 Å². The molecule has 0 atom stereocenters. The van der Waals surface area contributed by atoms with Gasteiger partial charge in [0, 0.05) is 0 Å². The lowest BCUT2D eigenvalue weighted by atomic mass is 10.3. The zero-order valence-electron chi connectivity index (χ0n) is 5.62. The number of pyridine rings is 1. The quantitative estimate of drug-likeness (QED) is 0.611. The Morgan fingerprint density at radius 3 is 2.90 bits per heavy atom. The summed E-state index contributed by atoms with van der Waals surface area (Å²) < 4.78 is 0. The molecule has 0 aromatic carbocycles. The van der Waals surface area contributed by atoms with Crippen molar-refractivity contribution < 1.29 is 0 Å². The van der Waals surface area contributed by atoms with E-state index in [2.05, 4.69) is 16.7 Å². The van der Waals surface area contributed by atoms with Gasteiger partial charge in [0.25, 0.3) is 0 Å². The zero-order valence-corrected chi connectivity index (χ0v) is 5.62. The molecule has 3 heteroatoms. The fraction of sp³-hybridized carbons (Fsp3) is 0.143. The van der Waals surface area contributed by atoms with Crippen molar-refractivity contribution in [3.05, 3.63) is 24.0 Å². The number of rotatable bonds is 2. The van der Waals surface area contributed by atoms with Crippen LogP contribution in [0.1, 0.15) is 5.69 Å². The molecule has 0 saturated carbocycles. The molecule has 0 aliphatic carbocycles. The van der Waals surface area contributed by atoms with Gasteiger partial charge in [-0.3, -0.25) is 9.98 Å². The minimum Gasteiger partial charge on any atom is -0.397 e. The lowest BCUT2D eigenvalue weighted by molar-refractivity contribution is 1.00. The minimum atomic E-state index is 0.556. The molecular formula is C7H9N3. The molecule has 10 heavy (non-hydrogen) atoms. The summed E-state index contributed by atoms with van der Waals surface area (Å²) in [5.74, 6) is 0. The minimum absolute atomic E-state index is 0.556. The summed E-state index contributed by atoms with van der Waals surface area (Å²) in [4.78, 5) is 7.69. The molecule has 0 radical (unpaired) electrons. The van der Waals surface area contributed by atoms with Gasteiger partial charge in [0.15, 0.2) is 0 Å². The van der Waals surface area contributed by atoms with E-state index in [1.165, 1.54) is 0 Å². The van der Waals surface area contributed by atoms with Crippen molar-refractivity contribution in [2.75, 3.05) is 5.73 Å². The van der Waals surface area contributed by atoms with Crippen molar-refractivity contribution in [3.8, 4) is 0 Å². The van der Waals surface area contributed by atoms with Gasteiger partial charge in [-0.1, -0.05) is 0 Å². The highest BCUT2D eigenvalue weighted by molar-refractivity contribution is 5.34. The Labute approximate surface area is 59.6 Å². The maximum atomic E-state index is 5.41. The number of nitrogens with two attached hydrogens (primary N) is 1. The van der Waals surface area contributed by atoms with Crippen LogP contribution >= 0.6 is 0 Å². The average Bonchev–Trinajstić information content (AvgIpc) is 1.95. The molecule has 0 fully saturated rings. The summed E-state index contributed by atoms with van der Waals surface area (Å²) >= 11 is 0. The van der Waals surface area contributed by atoms with E-state index < -0.39 is 0 Å². The molecule has 0 amide bonds. The van der Waals surface area contributed by atoms with Crippen molar-refractivity contribution >= 4 is 12.4 Å². The predicted molar refractivity (Wildman–Crippen MR) is 41.9 cm³/mol. The van der Waals surface area contributed by atoms with E-state index in [4.69, 9.17) is 5.73 Å². The normalized spacial score (nSPS) is 9.20. The van der Waals surface area contributed by atoms with Crippen LogP contribution in [0, 0.1) is 0 Å². The van der Waals surface area contributed by atoms with Gasteiger partial charge in [-0.15, -0.1) is 0 Å². The fourth-order valence-corrected chi connectivity index (χ4v) is 0.644. The zero-order chi connectivity index (χ0) is 7.40. The second-order valence-electron chi connectivity index (χ2n) is 1.96. The number of hydrogen-bond acceptors (Lipinski definition) is 3. The number of aliphatic imine (C=N–C) groups is 1. The van der Waals surface area contributed by atoms with E-state index in [1.807, 2.05) is 6.07 Å². The Bertz CT molecular complexity index is 215. The van der Waals surface area contributed by atoms with Crippen LogP contribution in [0.25, 0.3) is 0 Å². The molecule has 0 spiro atoms. The van der Waals surface area contributed by atoms with Crippen LogP contribution in [0.15, 0.2) is 23.3 Å². The second kappa shape index (κ2) is 2.96. The number of aromatic nitrogens is 1. The Hall–Kier alpha value is -1.38. The van der Waals surface area contributed by atoms with Crippen LogP contribution in [0.3, 0.4) is 0 Å². The maximum Gasteiger partial charge on any atom is 0.0804 e. The van der Waals surface area contributed by atoms with Gasteiger partial charge in [0.1, 0.15) is 0 Å². The van der Waals surface area contributed by atoms with Gasteiger partial charge >= 0.3 is 0 Å². The summed E-state index contributed by atoms with van der Waals surface area (Å²) in [6.07, 6.45) is 1.61. The molecule has 0 unspecified atom stereocenters. The van der Waals surface area contributed by atoms with E-state index in [-0.39, 0.29) is 0 Å². The van der Waals surface area contributed by atoms with Crippen LogP contribution < -0.4 is 5.73 Å². The van der Waals surface area contributed by atoms with Gasteiger partial charge in [0.05, 0.1) is 24.1 Å². The number of anilines is 1. The van der Waals surface area contributed by atoms with Crippen LogP contribution in [0.4, 0.5) is 5.69 Å². The van der Waals surface area contributed by atoms with Gasteiger partial charge in [-0.25, -0.2) is 0 Å². The molecule has 3 nitrogen and oxygen atoms in total. The first kappa shape index (κ1) is 6.74. The summed E-state index contributed by atoms with van der Waals surface area (Å²) in [5, 5.41) is 0. The molecule has 52 valence electrons. The Balaban J connectivity index is 2.78. The smallest absolute Gasteiger partial charge is 0.0804 e. The summed E-state index contributed by atoms with van der Waals surface area (Å²) in [5.41, 5.74) is 6.98. The number of hydrogen-bond donors (Lipinski definition) is 1. The predicted octanol–water partition coefficient (Wildman–Crippen LogP) is 0.864. The fourth-order valence-electron chi connectivity index (χ4n) is 0.644. The summed E-state index contributed by atoms with van der Waals surface area (Å²) in [7, 11) is 0. The van der Waals surface area contributed by atoms with Crippen molar-refractivity contribution in [1.29, 1.82) is 0 Å². The first-order chi connectivity index (χ1) is 4.83. The number of nitrogens with zero attached hydrogens (tertiary/aromatic N) is 2. The topological polar surface area (TPSA) is 51.3 Å². The van der Waals surface area contributed by atoms with Crippen LogP contribution in [0.5, 0.6) is 0 Å². The van der Waals surface area contributed by atoms with E-state index in [0.29, 0.717) is 12.2 Å². The van der Waals surface area contributed by atoms with Gasteiger partial charge in [-0.2, -0.15) is 0 Å². The molecule has 0 bridgehead atoms. The average molecular weight is 135 g/mol. The Morgan fingerprint density at radius 2 is 2.40 bits per heavy atom. The molecule has 2 N–H and O–H groups in total. The Morgan fingerprint density at radius 1 is 1.60 bits per heavy atom.